The molecule has 1 aliphatic rings. The summed E-state index contributed by atoms with van der Waals surface area (Å²) in [5.41, 5.74) is 0.579. The molecule has 0 unspecified atom stereocenters. The van der Waals surface area contributed by atoms with Crippen molar-refractivity contribution in [3.8, 4) is 0 Å². The predicted octanol–water partition coefficient (Wildman–Crippen LogP) is 2.71. The van der Waals surface area contributed by atoms with Crippen LogP contribution in [0.1, 0.15) is 39.0 Å². The number of sulfonamides is 1. The Labute approximate surface area is 127 Å². The van der Waals surface area contributed by atoms with Crippen LogP contribution in [0, 0.1) is 5.92 Å². The molecule has 1 fully saturated rings. The molecule has 1 heterocycles. The minimum Gasteiger partial charge on any atom is -0.383 e. The molecule has 0 aromatic carbocycles. The molecule has 2 rings (SSSR count). The number of hydrogen-bond donors (Lipinski definition) is 1. The molecule has 21 heavy (non-hydrogen) atoms. The molecule has 0 atom stereocenters. The minimum absolute atomic E-state index is 0.130. The molecule has 0 spiro atoms. The van der Waals surface area contributed by atoms with Crippen LogP contribution in [0.4, 0.5) is 5.69 Å². The summed E-state index contributed by atoms with van der Waals surface area (Å²) in [5.74, 6) is 0.477. The van der Waals surface area contributed by atoms with Crippen molar-refractivity contribution >= 4 is 15.7 Å². The van der Waals surface area contributed by atoms with Crippen molar-refractivity contribution in [2.45, 2.75) is 44.1 Å². The van der Waals surface area contributed by atoms with Gasteiger partial charge in [-0.25, -0.2) is 13.4 Å². The van der Waals surface area contributed by atoms with Crippen molar-refractivity contribution < 1.29 is 8.42 Å². The molecule has 0 bridgehead atoms. The van der Waals surface area contributed by atoms with E-state index in [1.165, 1.54) is 29.8 Å². The summed E-state index contributed by atoms with van der Waals surface area (Å²) < 4.78 is 26.9. The minimum atomic E-state index is -3.53. The summed E-state index contributed by atoms with van der Waals surface area (Å²) in [6.45, 7) is 3.19. The zero-order valence-corrected chi connectivity index (χ0v) is 13.7. The lowest BCUT2D eigenvalue weighted by atomic mass is 9.89. The first kappa shape index (κ1) is 16.2. The molecule has 1 aliphatic carbocycles. The van der Waals surface area contributed by atoms with Gasteiger partial charge in [0.1, 0.15) is 0 Å². The Morgan fingerprint density at radius 2 is 2.05 bits per heavy atom. The molecule has 1 aromatic rings. The largest absolute Gasteiger partial charge is 0.383 e. The van der Waals surface area contributed by atoms with Crippen molar-refractivity contribution in [1.29, 1.82) is 0 Å². The highest BCUT2D eigenvalue weighted by atomic mass is 32.2. The maximum atomic E-state index is 12.7. The van der Waals surface area contributed by atoms with Crippen LogP contribution in [0.3, 0.4) is 0 Å². The second-order valence-corrected chi connectivity index (χ2v) is 7.64. The monoisotopic (exact) mass is 311 g/mol. The third-order valence-corrected chi connectivity index (χ3v) is 5.82. The van der Waals surface area contributed by atoms with Gasteiger partial charge in [0, 0.05) is 26.3 Å². The van der Waals surface area contributed by atoms with Crippen molar-refractivity contribution in [2.24, 2.45) is 5.92 Å². The Kier molecular flexibility index (Phi) is 5.58. The maximum Gasteiger partial charge on any atom is 0.262 e. The Hall–Kier alpha value is -1.14. The molecule has 0 aliphatic heterocycles. The summed E-state index contributed by atoms with van der Waals surface area (Å²) in [6, 6.07) is 3.51. The van der Waals surface area contributed by atoms with Gasteiger partial charge < -0.3 is 5.32 Å². The van der Waals surface area contributed by atoms with Crippen molar-refractivity contribution in [3.63, 3.8) is 0 Å². The fourth-order valence-electron chi connectivity index (χ4n) is 2.90. The van der Waals surface area contributed by atoms with Crippen LogP contribution in [0.5, 0.6) is 0 Å². The lowest BCUT2D eigenvalue weighted by Gasteiger charge is -2.26. The third kappa shape index (κ3) is 3.95. The first-order valence-electron chi connectivity index (χ1n) is 7.71. The molecule has 0 amide bonds. The van der Waals surface area contributed by atoms with Crippen LogP contribution in [0.15, 0.2) is 23.4 Å². The van der Waals surface area contributed by atoms with E-state index < -0.39 is 10.0 Å². The van der Waals surface area contributed by atoms with Gasteiger partial charge in [-0.15, -0.1) is 0 Å². The normalized spacial score (nSPS) is 17.1. The number of pyridine rings is 1. The molecule has 1 aromatic heterocycles. The van der Waals surface area contributed by atoms with Gasteiger partial charge in [0.25, 0.3) is 10.0 Å². The number of nitrogens with zero attached hydrogens (tertiary/aromatic N) is 2. The van der Waals surface area contributed by atoms with Gasteiger partial charge >= 0.3 is 0 Å². The van der Waals surface area contributed by atoms with E-state index in [9.17, 15) is 8.42 Å². The highest BCUT2D eigenvalue weighted by Gasteiger charge is 2.27. The summed E-state index contributed by atoms with van der Waals surface area (Å²) >= 11 is 0. The molecule has 6 heteroatoms. The Morgan fingerprint density at radius 1 is 1.33 bits per heavy atom. The van der Waals surface area contributed by atoms with Crippen molar-refractivity contribution in [3.05, 3.63) is 18.3 Å². The number of anilines is 1. The van der Waals surface area contributed by atoms with Crippen LogP contribution >= 0.6 is 0 Å². The second-order valence-electron chi connectivity index (χ2n) is 5.68. The third-order valence-electron chi connectivity index (χ3n) is 4.03. The predicted molar refractivity (Wildman–Crippen MR) is 84.8 cm³/mol. The van der Waals surface area contributed by atoms with E-state index in [1.54, 1.807) is 19.2 Å². The standard InChI is InChI=1S/C15H25N3O2S/c1-3-16-14-10-7-11-17-15(14)21(19,20)18(2)12-13-8-5-4-6-9-13/h7,10-11,13,16H,3-6,8-9,12H2,1-2H3. The molecule has 0 saturated heterocycles. The van der Waals surface area contributed by atoms with E-state index in [0.29, 0.717) is 24.7 Å². The maximum absolute atomic E-state index is 12.7. The Bertz CT molecular complexity index is 554. The van der Waals surface area contributed by atoms with Gasteiger partial charge in [-0.2, -0.15) is 4.31 Å². The first-order valence-corrected chi connectivity index (χ1v) is 9.15. The number of hydrogen-bond acceptors (Lipinski definition) is 4. The molecule has 1 saturated carbocycles. The van der Waals surface area contributed by atoms with E-state index in [-0.39, 0.29) is 5.03 Å². The Morgan fingerprint density at radius 3 is 2.71 bits per heavy atom. The summed E-state index contributed by atoms with van der Waals surface area (Å²) in [5, 5.41) is 3.20. The molecule has 1 N–H and O–H groups in total. The smallest absolute Gasteiger partial charge is 0.262 e. The van der Waals surface area contributed by atoms with E-state index >= 15 is 0 Å². The topological polar surface area (TPSA) is 62.3 Å². The highest BCUT2D eigenvalue weighted by Crippen LogP contribution is 2.27. The van der Waals surface area contributed by atoms with Gasteiger partial charge in [-0.05, 0) is 37.8 Å². The SMILES string of the molecule is CCNc1cccnc1S(=O)(=O)N(C)CC1CCCCC1. The Balaban J connectivity index is 2.16. The van der Waals surface area contributed by atoms with Crippen LogP contribution in [-0.2, 0) is 10.0 Å². The average molecular weight is 311 g/mol. The van der Waals surface area contributed by atoms with Gasteiger partial charge in [-0.1, -0.05) is 19.3 Å². The fourth-order valence-corrected chi connectivity index (χ4v) is 4.21. The van der Waals surface area contributed by atoms with E-state index in [0.717, 1.165) is 12.8 Å². The van der Waals surface area contributed by atoms with Crippen molar-refractivity contribution in [1.82, 2.24) is 9.29 Å². The van der Waals surface area contributed by atoms with Gasteiger partial charge in [0.15, 0.2) is 5.03 Å². The van der Waals surface area contributed by atoms with Crippen LogP contribution in [0.2, 0.25) is 0 Å². The summed E-state index contributed by atoms with van der Waals surface area (Å²) in [6.07, 6.45) is 7.49. The molecule has 5 nitrogen and oxygen atoms in total. The van der Waals surface area contributed by atoms with Gasteiger partial charge in [0.2, 0.25) is 0 Å². The van der Waals surface area contributed by atoms with Crippen LogP contribution in [-0.4, -0.2) is 37.8 Å². The molecular weight excluding hydrogens is 286 g/mol. The van der Waals surface area contributed by atoms with Crippen LogP contribution in [0.25, 0.3) is 0 Å². The fraction of sp³-hybridized carbons (Fsp3) is 0.667. The zero-order chi connectivity index (χ0) is 15.3. The number of rotatable bonds is 6. The highest BCUT2D eigenvalue weighted by molar-refractivity contribution is 7.89. The van der Waals surface area contributed by atoms with E-state index in [1.807, 2.05) is 6.92 Å². The van der Waals surface area contributed by atoms with E-state index in [4.69, 9.17) is 0 Å². The molecule has 118 valence electrons. The summed E-state index contributed by atoms with van der Waals surface area (Å²) in [4.78, 5) is 4.09. The molecule has 0 radical (unpaired) electrons. The number of aromatic nitrogens is 1. The number of nitrogens with one attached hydrogen (secondary N) is 1. The average Bonchev–Trinajstić information content (AvgIpc) is 2.49. The van der Waals surface area contributed by atoms with Gasteiger partial charge in [-0.3, -0.25) is 0 Å². The second kappa shape index (κ2) is 7.22. The van der Waals surface area contributed by atoms with E-state index in [2.05, 4.69) is 10.3 Å². The zero-order valence-electron chi connectivity index (χ0n) is 12.9. The lowest BCUT2D eigenvalue weighted by molar-refractivity contribution is 0.299. The van der Waals surface area contributed by atoms with Crippen LogP contribution < -0.4 is 5.32 Å². The summed E-state index contributed by atoms with van der Waals surface area (Å²) in [7, 11) is -1.87. The lowest BCUT2D eigenvalue weighted by Crippen LogP contribution is -2.33. The van der Waals surface area contributed by atoms with Crippen molar-refractivity contribution in [2.75, 3.05) is 25.5 Å². The van der Waals surface area contributed by atoms with Gasteiger partial charge in [0.05, 0.1) is 5.69 Å². The first-order chi connectivity index (χ1) is 10.1. The molecular formula is C15H25N3O2S. The quantitative estimate of drug-likeness (QED) is 0.877.